The molecule has 0 saturated heterocycles. The number of ketones is 1. The maximum Gasteiger partial charge on any atom is 0.166 e. The predicted molar refractivity (Wildman–Crippen MR) is 71.6 cm³/mol. The first-order valence-electron chi connectivity index (χ1n) is 6.83. The smallest absolute Gasteiger partial charge is 0.166 e. The minimum absolute atomic E-state index is 0.00904. The summed E-state index contributed by atoms with van der Waals surface area (Å²) in [7, 11) is 0. The van der Waals surface area contributed by atoms with E-state index in [0.717, 1.165) is 18.4 Å². The Balaban J connectivity index is 1.98. The van der Waals surface area contributed by atoms with Crippen molar-refractivity contribution in [2.75, 3.05) is 0 Å². The van der Waals surface area contributed by atoms with Crippen LogP contribution in [-0.2, 0) is 4.79 Å². The zero-order chi connectivity index (χ0) is 12.9. The molecule has 0 amide bonds. The van der Waals surface area contributed by atoms with Crippen molar-refractivity contribution >= 4 is 17.4 Å². The molecule has 3 unspecified atom stereocenters. The Hall–Kier alpha value is -0.760. The fraction of sp³-hybridized carbons (Fsp3) is 0.667. The molecule has 0 radical (unpaired) electrons. The van der Waals surface area contributed by atoms with Crippen molar-refractivity contribution in [3.05, 3.63) is 23.5 Å². The third-order valence-electron chi connectivity index (χ3n) is 5.16. The lowest BCUT2D eigenvalue weighted by Crippen LogP contribution is -2.38. The van der Waals surface area contributed by atoms with E-state index < -0.39 is 5.41 Å². The molecule has 3 atom stereocenters. The Labute approximate surface area is 113 Å². The topological polar surface area (TPSA) is 37.3 Å². The van der Waals surface area contributed by atoms with E-state index in [1.807, 2.05) is 6.92 Å². The van der Waals surface area contributed by atoms with Gasteiger partial charge in [0.15, 0.2) is 5.78 Å². The molecule has 3 rings (SSSR count). The number of allylic oxidation sites excluding steroid dienone is 4. The summed E-state index contributed by atoms with van der Waals surface area (Å²) in [5.74, 6) is 0.997. The molecule has 0 bridgehead atoms. The number of aliphatic hydroxyl groups excluding tert-OH is 1. The number of Topliss-reactive ketones (excluding diaryl/α,β-unsaturated/α-hetero) is 1. The van der Waals surface area contributed by atoms with Gasteiger partial charge in [-0.2, -0.15) is 0 Å². The first-order valence-corrected chi connectivity index (χ1v) is 7.27. The largest absolute Gasteiger partial charge is 0.512 e. The Kier molecular flexibility index (Phi) is 2.81. The number of alkyl halides is 1. The lowest BCUT2D eigenvalue weighted by atomic mass is 9.73. The van der Waals surface area contributed by atoms with Crippen molar-refractivity contribution in [3.63, 3.8) is 0 Å². The van der Waals surface area contributed by atoms with Gasteiger partial charge in [0, 0.05) is 17.9 Å². The summed E-state index contributed by atoms with van der Waals surface area (Å²) in [6, 6.07) is 0. The van der Waals surface area contributed by atoms with E-state index in [9.17, 15) is 9.90 Å². The second-order valence-electron chi connectivity index (χ2n) is 6.09. The fourth-order valence-corrected chi connectivity index (χ4v) is 4.51. The molecule has 3 aliphatic rings. The molecule has 3 aliphatic carbocycles. The van der Waals surface area contributed by atoms with Gasteiger partial charge in [0.25, 0.3) is 0 Å². The van der Waals surface area contributed by atoms with Crippen LogP contribution in [0.25, 0.3) is 0 Å². The molecule has 0 aliphatic heterocycles. The van der Waals surface area contributed by atoms with E-state index in [0.29, 0.717) is 18.1 Å². The molecule has 1 N–H and O–H groups in total. The summed E-state index contributed by atoms with van der Waals surface area (Å²) in [5, 5.41) is 9.47. The summed E-state index contributed by atoms with van der Waals surface area (Å²) in [6.45, 7) is 2.04. The first kappa shape index (κ1) is 12.3. The molecule has 0 heterocycles. The Morgan fingerprint density at radius 1 is 1.33 bits per heavy atom. The number of halogens is 1. The van der Waals surface area contributed by atoms with Crippen molar-refractivity contribution < 1.29 is 9.90 Å². The number of carbonyl (C=O) groups is 1. The van der Waals surface area contributed by atoms with E-state index in [4.69, 9.17) is 11.6 Å². The third kappa shape index (κ3) is 1.51. The number of carbonyl (C=O) groups excluding carboxylic acids is 1. The van der Waals surface area contributed by atoms with Gasteiger partial charge in [0.05, 0.1) is 16.6 Å². The quantitative estimate of drug-likeness (QED) is 0.734. The maximum atomic E-state index is 12.7. The Morgan fingerprint density at radius 2 is 2.00 bits per heavy atom. The van der Waals surface area contributed by atoms with Gasteiger partial charge in [0.2, 0.25) is 0 Å². The number of fused-ring (bicyclic) bond motifs is 1. The standard InChI is InChI=1S/C15H19ClO2/c1-15(9-4-2-3-5-9)13(16)12-8-10(17)6-7-11(12)14(15)18/h6-7,9,12-13,17H,2-5,8H2,1H3. The Bertz CT molecular complexity index is 445. The van der Waals surface area contributed by atoms with Gasteiger partial charge in [-0.1, -0.05) is 25.8 Å². The number of aliphatic hydroxyl groups is 1. The van der Waals surface area contributed by atoms with Crippen molar-refractivity contribution in [1.29, 1.82) is 0 Å². The van der Waals surface area contributed by atoms with E-state index in [-0.39, 0.29) is 17.1 Å². The minimum Gasteiger partial charge on any atom is -0.512 e. The van der Waals surface area contributed by atoms with Gasteiger partial charge in [-0.3, -0.25) is 4.79 Å². The summed E-state index contributed by atoms with van der Waals surface area (Å²) in [6.07, 6.45) is 8.60. The highest BCUT2D eigenvalue weighted by atomic mass is 35.5. The van der Waals surface area contributed by atoms with Gasteiger partial charge in [-0.05, 0) is 24.8 Å². The number of rotatable bonds is 1. The molecule has 0 aromatic carbocycles. The fourth-order valence-electron chi connectivity index (χ4n) is 4.01. The molecule has 3 heteroatoms. The zero-order valence-corrected chi connectivity index (χ0v) is 11.4. The van der Waals surface area contributed by atoms with Crippen LogP contribution < -0.4 is 0 Å². The minimum atomic E-state index is -0.424. The molecule has 2 nitrogen and oxygen atoms in total. The number of hydrogen-bond donors (Lipinski definition) is 1. The summed E-state index contributed by atoms with van der Waals surface area (Å²) >= 11 is 6.63. The van der Waals surface area contributed by atoms with Crippen LogP contribution in [0.15, 0.2) is 23.5 Å². The van der Waals surface area contributed by atoms with E-state index in [1.165, 1.54) is 12.8 Å². The molecular formula is C15H19ClO2. The van der Waals surface area contributed by atoms with Crippen LogP contribution in [0, 0.1) is 17.3 Å². The van der Waals surface area contributed by atoms with Crippen LogP contribution >= 0.6 is 11.6 Å². The highest BCUT2D eigenvalue weighted by Crippen LogP contribution is 2.56. The third-order valence-corrected chi connectivity index (χ3v) is 5.92. The van der Waals surface area contributed by atoms with Gasteiger partial charge < -0.3 is 5.11 Å². The second kappa shape index (κ2) is 4.12. The van der Waals surface area contributed by atoms with Crippen LogP contribution in [0.4, 0.5) is 0 Å². The van der Waals surface area contributed by atoms with Crippen LogP contribution in [0.1, 0.15) is 39.0 Å². The second-order valence-corrected chi connectivity index (χ2v) is 6.56. The summed E-state index contributed by atoms with van der Waals surface area (Å²) < 4.78 is 0. The van der Waals surface area contributed by atoms with Crippen molar-refractivity contribution in [3.8, 4) is 0 Å². The summed E-state index contributed by atoms with van der Waals surface area (Å²) in [5.41, 5.74) is 0.412. The molecule has 98 valence electrons. The molecule has 18 heavy (non-hydrogen) atoms. The first-order chi connectivity index (χ1) is 8.55. The lowest BCUT2D eigenvalue weighted by molar-refractivity contribution is -0.124. The average Bonchev–Trinajstić information content (AvgIpc) is 2.94. The highest BCUT2D eigenvalue weighted by molar-refractivity contribution is 6.26. The van der Waals surface area contributed by atoms with Gasteiger partial charge in [0.1, 0.15) is 0 Å². The van der Waals surface area contributed by atoms with Crippen molar-refractivity contribution in [2.24, 2.45) is 17.3 Å². The molecule has 2 fully saturated rings. The van der Waals surface area contributed by atoms with E-state index in [1.54, 1.807) is 12.2 Å². The normalized spacial score (nSPS) is 40.7. The van der Waals surface area contributed by atoms with Crippen LogP contribution in [-0.4, -0.2) is 16.3 Å². The highest BCUT2D eigenvalue weighted by Gasteiger charge is 2.58. The van der Waals surface area contributed by atoms with E-state index >= 15 is 0 Å². The zero-order valence-electron chi connectivity index (χ0n) is 10.7. The van der Waals surface area contributed by atoms with Crippen molar-refractivity contribution in [1.82, 2.24) is 0 Å². The number of hydrogen-bond acceptors (Lipinski definition) is 2. The molecule has 0 aromatic heterocycles. The van der Waals surface area contributed by atoms with Crippen LogP contribution in [0.2, 0.25) is 0 Å². The molecule has 0 aromatic rings. The average molecular weight is 267 g/mol. The van der Waals surface area contributed by atoms with Crippen LogP contribution in [0.5, 0.6) is 0 Å². The van der Waals surface area contributed by atoms with E-state index in [2.05, 4.69) is 0 Å². The molecule has 2 saturated carbocycles. The Morgan fingerprint density at radius 3 is 2.67 bits per heavy atom. The molecular weight excluding hydrogens is 248 g/mol. The SMILES string of the molecule is CC1(C2CCCC2)C(=O)C2=CC=C(O)CC2C1Cl. The lowest BCUT2D eigenvalue weighted by Gasteiger charge is -2.33. The summed E-state index contributed by atoms with van der Waals surface area (Å²) in [4.78, 5) is 12.7. The van der Waals surface area contributed by atoms with Crippen LogP contribution in [0.3, 0.4) is 0 Å². The maximum absolute atomic E-state index is 12.7. The van der Waals surface area contributed by atoms with Gasteiger partial charge >= 0.3 is 0 Å². The van der Waals surface area contributed by atoms with Gasteiger partial charge in [-0.15, -0.1) is 11.6 Å². The van der Waals surface area contributed by atoms with Gasteiger partial charge in [-0.25, -0.2) is 0 Å². The molecule has 0 spiro atoms. The predicted octanol–water partition coefficient (Wildman–Crippen LogP) is 3.76. The van der Waals surface area contributed by atoms with Crippen molar-refractivity contribution in [2.45, 2.75) is 44.4 Å². The monoisotopic (exact) mass is 266 g/mol.